The van der Waals surface area contributed by atoms with Crippen LogP contribution < -0.4 is 10.6 Å². The van der Waals surface area contributed by atoms with Crippen LogP contribution in [0, 0.1) is 34.4 Å². The fraction of sp³-hybridized carbons (Fsp3) is 0.638. The number of morpholine rings is 3. The molecule has 522 valence electrons. The fourth-order valence-electron chi connectivity index (χ4n) is 11.5. The van der Waals surface area contributed by atoms with E-state index >= 15 is 0 Å². The summed E-state index contributed by atoms with van der Waals surface area (Å²) < 4.78 is 18.3. The lowest BCUT2D eigenvalue weighted by molar-refractivity contribution is -0.120. The smallest absolute Gasteiger partial charge is 0.208 e. The quantitative estimate of drug-likeness (QED) is 0.0925. The van der Waals surface area contributed by atoms with Crippen LogP contribution >= 0.6 is 81.9 Å². The van der Waals surface area contributed by atoms with Crippen molar-refractivity contribution in [3.8, 4) is 18.6 Å². The number of halogens is 3. The number of aliphatic imine (C=N–C) groups is 3. The second-order valence-electron chi connectivity index (χ2n) is 23.2. The van der Waals surface area contributed by atoms with Crippen molar-refractivity contribution in [2.75, 3.05) is 130 Å². The van der Waals surface area contributed by atoms with Gasteiger partial charge < -0.3 is 44.7 Å². The summed E-state index contributed by atoms with van der Waals surface area (Å²) in [5, 5.41) is 43.7. The van der Waals surface area contributed by atoms with Crippen molar-refractivity contribution in [1.82, 2.24) is 35.1 Å². The topological polar surface area (TPSA) is 214 Å². The zero-order valence-corrected chi connectivity index (χ0v) is 63.0. The average molecular weight is 1430 g/mol. The van der Waals surface area contributed by atoms with Gasteiger partial charge in [-0.2, -0.15) is 20.8 Å². The molecule has 0 amide bonds. The molecule has 0 bridgehead atoms. The lowest BCUT2D eigenvalue weighted by Crippen LogP contribution is -2.57. The van der Waals surface area contributed by atoms with Gasteiger partial charge in [-0.05, 0) is 183 Å². The molecule has 6 aliphatic rings. The maximum atomic E-state index is 10.9. The lowest BCUT2D eigenvalue weighted by Gasteiger charge is -2.46. The molecule has 3 N–H and O–H groups in total. The van der Waals surface area contributed by atoms with Gasteiger partial charge in [-0.25, -0.2) is 0 Å². The number of likely N-dealkylation sites (tertiary alicyclic amines) is 2. The summed E-state index contributed by atoms with van der Waals surface area (Å²) >= 11 is 23.8. The van der Waals surface area contributed by atoms with Crippen LogP contribution in [-0.2, 0) is 38.3 Å². The summed E-state index contributed by atoms with van der Waals surface area (Å²) in [7, 11) is 0. The van der Waals surface area contributed by atoms with Crippen LogP contribution in [0.2, 0.25) is 15.1 Å². The summed E-state index contributed by atoms with van der Waals surface area (Å²) in [6.45, 7) is 29.5. The average Bonchev–Trinajstić information content (AvgIpc) is 0.867. The third kappa shape index (κ3) is 33.7. The van der Waals surface area contributed by atoms with E-state index in [1.165, 1.54) is 84.5 Å². The number of rotatable bonds is 11. The van der Waals surface area contributed by atoms with E-state index in [0.29, 0.717) is 74.1 Å². The fourth-order valence-corrected chi connectivity index (χ4v) is 13.9. The first-order valence-electron chi connectivity index (χ1n) is 32.9. The predicted molar refractivity (Wildman–Crippen MR) is 400 cm³/mol. The number of aliphatic hydroxyl groups excluding tert-OH is 1. The second kappa shape index (κ2) is 50.6. The SMILES string of the molecule is CCN(CC)CC.CCO.CSC(=NC#N)N1CCC(=O)CC1.CSC(=NC#N)N1CCC(N2C[C@H](C)OC[C@@H]2Cc2ccc(Cl)cc2)CC1.CSC(=NC#N)SC.C[C@H]1CN(C2CCNCC2)[C@@H](Cc2ccc(Cl)cc2)CO1.C[C@H]1CN[C@@H](Cc2ccc(Cl)cc2)CO1. The van der Waals surface area contributed by atoms with E-state index in [1.807, 2.05) is 72.5 Å². The van der Waals surface area contributed by atoms with Crippen LogP contribution in [0.1, 0.15) is 104 Å². The Morgan fingerprint density at radius 3 is 1.30 bits per heavy atom. The highest BCUT2D eigenvalue weighted by molar-refractivity contribution is 8.38. The number of nitrogens with zero attached hydrogens (tertiary/aromatic N) is 11. The number of Topliss-reactive ketones (excluding diaryl/α,β-unsaturated/α-hetero) is 1. The van der Waals surface area contributed by atoms with E-state index in [2.05, 4.69) is 123 Å². The number of nitriles is 3. The van der Waals surface area contributed by atoms with Gasteiger partial charge in [-0.1, -0.05) is 115 Å². The number of carbonyl (C=O) groups excluding carboxylic acids is 1. The van der Waals surface area contributed by atoms with Gasteiger partial charge >= 0.3 is 0 Å². The minimum Gasteiger partial charge on any atom is -0.397 e. The van der Waals surface area contributed by atoms with E-state index in [-0.39, 0.29) is 12.7 Å². The molecule has 6 aliphatic heterocycles. The maximum absolute atomic E-state index is 10.9. The van der Waals surface area contributed by atoms with E-state index in [1.54, 1.807) is 31.1 Å². The molecule has 94 heavy (non-hydrogen) atoms. The number of hydrogen-bond acceptors (Lipinski definition) is 20. The van der Waals surface area contributed by atoms with E-state index < -0.39 is 0 Å². The Balaban J connectivity index is 0.000000308. The minimum absolute atomic E-state index is 0.250. The van der Waals surface area contributed by atoms with Crippen LogP contribution in [0.25, 0.3) is 0 Å². The Morgan fingerprint density at radius 2 is 0.957 bits per heavy atom. The molecule has 0 saturated carbocycles. The van der Waals surface area contributed by atoms with Crippen LogP contribution in [-0.4, -0.2) is 229 Å². The van der Waals surface area contributed by atoms with Gasteiger partial charge in [0.1, 0.15) is 10.2 Å². The number of hydrogen-bond donors (Lipinski definition) is 3. The van der Waals surface area contributed by atoms with Crippen LogP contribution in [0.4, 0.5) is 0 Å². The van der Waals surface area contributed by atoms with Crippen LogP contribution in [0.5, 0.6) is 0 Å². The van der Waals surface area contributed by atoms with Crippen molar-refractivity contribution < 1.29 is 24.1 Å². The van der Waals surface area contributed by atoms with Crippen molar-refractivity contribution in [3.05, 3.63) is 105 Å². The Kier molecular flexibility index (Phi) is 45.5. The Morgan fingerprint density at radius 1 is 0.574 bits per heavy atom. The van der Waals surface area contributed by atoms with Crippen molar-refractivity contribution in [2.24, 2.45) is 15.0 Å². The van der Waals surface area contributed by atoms with Gasteiger partial charge in [-0.15, -0.1) is 33.5 Å². The van der Waals surface area contributed by atoms with Crippen molar-refractivity contribution >= 4 is 102 Å². The zero-order chi connectivity index (χ0) is 69.0. The normalized spacial score (nSPS) is 22.1. The van der Waals surface area contributed by atoms with Gasteiger partial charge in [-0.3, -0.25) is 14.6 Å². The molecule has 3 aromatic carbocycles. The number of ether oxygens (including phenoxy) is 3. The summed E-state index contributed by atoms with van der Waals surface area (Å²) in [6, 6.07) is 27.0. The number of ketones is 1. The van der Waals surface area contributed by atoms with Crippen molar-refractivity contribution in [2.45, 2.75) is 155 Å². The van der Waals surface area contributed by atoms with E-state index in [9.17, 15) is 4.79 Å². The number of thioether (sulfide) groups is 4. The Bertz CT molecular complexity index is 2730. The molecule has 3 aromatic rings. The van der Waals surface area contributed by atoms with Crippen molar-refractivity contribution in [3.63, 3.8) is 0 Å². The molecule has 9 rings (SSSR count). The molecule has 25 heteroatoms. The first-order chi connectivity index (χ1) is 45.4. The molecule has 18 nitrogen and oxygen atoms in total. The molecule has 6 saturated heterocycles. The number of benzene rings is 3. The van der Waals surface area contributed by atoms with Gasteiger partial charge in [0.15, 0.2) is 10.3 Å². The third-order valence-corrected chi connectivity index (χ3v) is 20.6. The predicted octanol–water partition coefficient (Wildman–Crippen LogP) is 12.4. The third-order valence-electron chi connectivity index (χ3n) is 16.5. The van der Waals surface area contributed by atoms with E-state index in [0.717, 1.165) is 128 Å². The molecule has 0 unspecified atom stereocenters. The molecule has 6 fully saturated rings. The second-order valence-corrected chi connectivity index (χ2v) is 27.9. The Labute approximate surface area is 596 Å². The van der Waals surface area contributed by atoms with Gasteiger partial charge in [0, 0.05) is 111 Å². The number of nitrogens with one attached hydrogen (secondary N) is 2. The number of aliphatic hydroxyl groups is 1. The largest absolute Gasteiger partial charge is 0.397 e. The summed E-state index contributed by atoms with van der Waals surface area (Å²) in [5.74, 6) is 0.300. The van der Waals surface area contributed by atoms with Gasteiger partial charge in [0.2, 0.25) is 18.6 Å². The molecular weight excluding hydrogens is 1330 g/mol. The monoisotopic (exact) mass is 1430 g/mol. The molecule has 0 radical (unpaired) electrons. The van der Waals surface area contributed by atoms with Crippen molar-refractivity contribution in [1.29, 1.82) is 15.8 Å². The summed E-state index contributed by atoms with van der Waals surface area (Å²) in [4.78, 5) is 34.0. The summed E-state index contributed by atoms with van der Waals surface area (Å²) in [5.41, 5.74) is 3.95. The highest BCUT2D eigenvalue weighted by Crippen LogP contribution is 2.28. The standard InChI is InChI=1S/C20H27ClN4OS.C17H25ClN2O.C12H16ClNO.C8H11N3OS.C6H15N.C4H6N2S2.C2H6O/c1-15-12-25(18-7-9-24(10-8-18)20(27-2)23-14-22)19(13-26-15)11-16-3-5-17(21)6-4-16;1-13-11-20(16-6-8-19-9-7-16)17(12-21-13)10-14-2-4-15(18)5-3-14;1-9-7-14-12(8-15-9)6-10-2-4-11(13)5-3-10;1-13-8(10-6-9)11-4-2-7(12)3-5-11;1-4-7(5-2)6-3;1-7-4(8-2)6-3-5;1-2-3/h3-6,15,18-19H,7-13H2,1-2H3;2-5,13,16-17,19H,6-12H2,1H3;2-5,9,12,14H,6-8H2,1H3;2-5H2,1H3;4-6H2,1-3H3;1-2H3;3H,2H2,1H3/t15-,19-;13-,17-;9-,12-;;;;/m000..../s1. The maximum Gasteiger partial charge on any atom is 0.208 e. The molecular formula is C69H106Cl3N13O5S4. The molecule has 0 aromatic heterocycles. The highest BCUT2D eigenvalue weighted by atomic mass is 35.5. The molecule has 0 spiro atoms. The molecule has 6 atom stereocenters. The first kappa shape index (κ1) is 84.5. The van der Waals surface area contributed by atoms with Crippen LogP contribution in [0.15, 0.2) is 87.8 Å². The number of carbonyl (C=O) groups is 1. The first-order valence-corrected chi connectivity index (χ1v) is 38.9. The highest BCUT2D eigenvalue weighted by Gasteiger charge is 2.36. The summed E-state index contributed by atoms with van der Waals surface area (Å²) in [6.07, 6.45) is 22.9. The van der Waals surface area contributed by atoms with Gasteiger partial charge in [0.05, 0.1) is 38.1 Å². The number of piperidine rings is 3. The molecule has 6 heterocycles. The van der Waals surface area contributed by atoms with Gasteiger partial charge in [0.25, 0.3) is 0 Å². The minimum atomic E-state index is 0.250. The lowest BCUT2D eigenvalue weighted by atomic mass is 9.96. The molecule has 0 aliphatic carbocycles. The van der Waals surface area contributed by atoms with E-state index in [4.69, 9.17) is 69.9 Å². The number of amidine groups is 2. The zero-order valence-electron chi connectivity index (χ0n) is 57.5. The van der Waals surface area contributed by atoms with Crippen LogP contribution in [0.3, 0.4) is 0 Å². The Hall–Kier alpha value is -3.68.